The van der Waals surface area contributed by atoms with Crippen molar-refractivity contribution < 1.29 is 19.5 Å². The number of carboxylic acid groups (broad SMARTS) is 1. The summed E-state index contributed by atoms with van der Waals surface area (Å²) in [6, 6.07) is 7.53. The van der Waals surface area contributed by atoms with Gasteiger partial charge in [0.2, 0.25) is 11.8 Å². The van der Waals surface area contributed by atoms with E-state index in [0.717, 1.165) is 5.56 Å². The summed E-state index contributed by atoms with van der Waals surface area (Å²) < 4.78 is 0. The fourth-order valence-electron chi connectivity index (χ4n) is 1.98. The SMILES string of the molecule is O=C([O-])C[C@H]1NC(=O)[C@H](Cc2ccccc2)NC1=O. The molecule has 1 aromatic carbocycles. The first-order chi connectivity index (χ1) is 9.06. The molecule has 2 N–H and O–H groups in total. The molecule has 1 aromatic rings. The number of carbonyl (C=O) groups excluding carboxylic acids is 3. The van der Waals surface area contributed by atoms with Gasteiger partial charge in [0.05, 0.1) is 0 Å². The van der Waals surface area contributed by atoms with E-state index in [2.05, 4.69) is 10.6 Å². The number of hydrogen-bond acceptors (Lipinski definition) is 4. The van der Waals surface area contributed by atoms with Crippen LogP contribution >= 0.6 is 0 Å². The van der Waals surface area contributed by atoms with Gasteiger partial charge in [0.1, 0.15) is 12.1 Å². The van der Waals surface area contributed by atoms with Gasteiger partial charge in [-0.2, -0.15) is 0 Å². The summed E-state index contributed by atoms with van der Waals surface area (Å²) in [7, 11) is 0. The number of aliphatic carboxylic acids is 1. The average Bonchev–Trinajstić information content (AvgIpc) is 2.36. The Morgan fingerprint density at radius 1 is 1.05 bits per heavy atom. The van der Waals surface area contributed by atoms with Crippen molar-refractivity contribution in [3.8, 4) is 0 Å². The van der Waals surface area contributed by atoms with Crippen molar-refractivity contribution in [3.05, 3.63) is 35.9 Å². The van der Waals surface area contributed by atoms with Crippen LogP contribution in [0.1, 0.15) is 12.0 Å². The maximum Gasteiger partial charge on any atom is 0.243 e. The van der Waals surface area contributed by atoms with E-state index >= 15 is 0 Å². The van der Waals surface area contributed by atoms with Gasteiger partial charge in [-0.1, -0.05) is 30.3 Å². The van der Waals surface area contributed by atoms with Crippen LogP contribution < -0.4 is 15.7 Å². The molecule has 0 bridgehead atoms. The van der Waals surface area contributed by atoms with Crippen molar-refractivity contribution in [2.75, 3.05) is 0 Å². The fourth-order valence-corrected chi connectivity index (χ4v) is 1.98. The predicted molar refractivity (Wildman–Crippen MR) is 63.6 cm³/mol. The molecule has 2 amide bonds. The van der Waals surface area contributed by atoms with Gasteiger partial charge in [-0.25, -0.2) is 0 Å². The Bertz CT molecular complexity index is 501. The van der Waals surface area contributed by atoms with Crippen molar-refractivity contribution in [2.45, 2.75) is 24.9 Å². The lowest BCUT2D eigenvalue weighted by Gasteiger charge is -2.29. The number of carboxylic acids is 1. The first-order valence-corrected chi connectivity index (χ1v) is 5.91. The van der Waals surface area contributed by atoms with Crippen LogP contribution in [0.5, 0.6) is 0 Å². The minimum atomic E-state index is -1.37. The number of amides is 2. The van der Waals surface area contributed by atoms with Crippen LogP contribution in [-0.2, 0) is 20.8 Å². The van der Waals surface area contributed by atoms with E-state index < -0.39 is 30.4 Å². The van der Waals surface area contributed by atoms with Gasteiger partial charge in [-0.3, -0.25) is 9.59 Å². The van der Waals surface area contributed by atoms with Crippen LogP contribution in [0.4, 0.5) is 0 Å². The molecule has 100 valence electrons. The smallest absolute Gasteiger partial charge is 0.243 e. The Morgan fingerprint density at radius 3 is 2.26 bits per heavy atom. The molecule has 0 unspecified atom stereocenters. The molecule has 0 saturated carbocycles. The van der Waals surface area contributed by atoms with Crippen LogP contribution in [0.2, 0.25) is 0 Å². The largest absolute Gasteiger partial charge is 0.550 e. The number of hydrogen-bond donors (Lipinski definition) is 2. The van der Waals surface area contributed by atoms with Gasteiger partial charge in [-0.15, -0.1) is 0 Å². The zero-order valence-electron chi connectivity index (χ0n) is 10.1. The summed E-state index contributed by atoms with van der Waals surface area (Å²) in [6.45, 7) is 0. The van der Waals surface area contributed by atoms with Crippen LogP contribution in [0.3, 0.4) is 0 Å². The molecule has 0 spiro atoms. The lowest BCUT2D eigenvalue weighted by molar-refractivity contribution is -0.306. The molecular weight excluding hydrogens is 248 g/mol. The van der Waals surface area contributed by atoms with Gasteiger partial charge >= 0.3 is 0 Å². The molecule has 0 radical (unpaired) electrons. The Labute approximate surface area is 109 Å². The highest BCUT2D eigenvalue weighted by Gasteiger charge is 2.33. The lowest BCUT2D eigenvalue weighted by Crippen LogP contribution is -2.63. The van der Waals surface area contributed by atoms with Crippen LogP contribution in [0, 0.1) is 0 Å². The molecule has 1 saturated heterocycles. The van der Waals surface area contributed by atoms with E-state index in [9.17, 15) is 19.5 Å². The van der Waals surface area contributed by atoms with Gasteiger partial charge in [-0.05, 0) is 5.56 Å². The number of piperazine rings is 1. The number of carbonyl (C=O) groups is 3. The second kappa shape index (κ2) is 5.51. The van der Waals surface area contributed by atoms with E-state index in [0.29, 0.717) is 6.42 Å². The van der Waals surface area contributed by atoms with E-state index in [-0.39, 0.29) is 5.91 Å². The van der Waals surface area contributed by atoms with Crippen molar-refractivity contribution in [1.29, 1.82) is 0 Å². The van der Waals surface area contributed by atoms with Crippen molar-refractivity contribution in [2.24, 2.45) is 0 Å². The topological polar surface area (TPSA) is 98.3 Å². The Morgan fingerprint density at radius 2 is 1.63 bits per heavy atom. The molecule has 6 nitrogen and oxygen atoms in total. The van der Waals surface area contributed by atoms with Gasteiger partial charge in [0, 0.05) is 18.8 Å². The molecule has 1 heterocycles. The first-order valence-electron chi connectivity index (χ1n) is 5.91. The van der Waals surface area contributed by atoms with E-state index in [1.807, 2.05) is 30.3 Å². The zero-order valence-corrected chi connectivity index (χ0v) is 10.1. The summed E-state index contributed by atoms with van der Waals surface area (Å²) in [5, 5.41) is 15.4. The third-order valence-corrected chi connectivity index (χ3v) is 2.92. The van der Waals surface area contributed by atoms with E-state index in [4.69, 9.17) is 0 Å². The van der Waals surface area contributed by atoms with Crippen LogP contribution in [-0.4, -0.2) is 29.9 Å². The van der Waals surface area contributed by atoms with Crippen LogP contribution in [0.25, 0.3) is 0 Å². The van der Waals surface area contributed by atoms with E-state index in [1.54, 1.807) is 0 Å². The lowest BCUT2D eigenvalue weighted by atomic mass is 10.0. The third-order valence-electron chi connectivity index (χ3n) is 2.92. The highest BCUT2D eigenvalue weighted by molar-refractivity contribution is 5.98. The summed E-state index contributed by atoms with van der Waals surface area (Å²) >= 11 is 0. The van der Waals surface area contributed by atoms with E-state index in [1.165, 1.54) is 0 Å². The quantitative estimate of drug-likeness (QED) is 0.678. The van der Waals surface area contributed by atoms with Gasteiger partial charge < -0.3 is 20.5 Å². The number of nitrogens with one attached hydrogen (secondary N) is 2. The third kappa shape index (κ3) is 3.31. The van der Waals surface area contributed by atoms with Gasteiger partial charge in [0.15, 0.2) is 0 Å². The molecule has 1 aliphatic heterocycles. The molecule has 2 atom stereocenters. The minimum Gasteiger partial charge on any atom is -0.550 e. The van der Waals surface area contributed by atoms with Crippen molar-refractivity contribution in [3.63, 3.8) is 0 Å². The minimum absolute atomic E-state index is 0.371. The molecule has 19 heavy (non-hydrogen) atoms. The molecule has 1 fully saturated rings. The molecule has 0 aromatic heterocycles. The second-order valence-electron chi connectivity index (χ2n) is 4.39. The summed E-state index contributed by atoms with van der Waals surface area (Å²) in [5.41, 5.74) is 0.918. The maximum atomic E-state index is 11.8. The zero-order chi connectivity index (χ0) is 13.8. The highest BCUT2D eigenvalue weighted by Crippen LogP contribution is 2.08. The standard InChI is InChI=1S/C13H14N2O4/c16-11(17)7-10-13(19)14-9(12(18)15-10)6-8-4-2-1-3-5-8/h1-5,9-10H,6-7H2,(H,14,19)(H,15,18)(H,16,17)/p-1/t9-,10+/m0/s1. The first kappa shape index (κ1) is 13.1. The Balaban J connectivity index is 2.00. The monoisotopic (exact) mass is 261 g/mol. The van der Waals surface area contributed by atoms with Gasteiger partial charge in [0.25, 0.3) is 0 Å². The average molecular weight is 261 g/mol. The maximum absolute atomic E-state index is 11.8. The molecule has 1 aliphatic rings. The molecule has 2 rings (SSSR count). The number of rotatable bonds is 4. The Hall–Kier alpha value is -2.37. The predicted octanol–water partition coefficient (Wildman–Crippen LogP) is -1.65. The van der Waals surface area contributed by atoms with Crippen LogP contribution in [0.15, 0.2) is 30.3 Å². The van der Waals surface area contributed by atoms with Crippen molar-refractivity contribution in [1.82, 2.24) is 10.6 Å². The summed E-state index contributed by atoms with van der Waals surface area (Å²) in [5.74, 6) is -2.25. The number of benzene rings is 1. The molecule has 0 aliphatic carbocycles. The highest BCUT2D eigenvalue weighted by atomic mass is 16.4. The van der Waals surface area contributed by atoms with Crippen molar-refractivity contribution >= 4 is 17.8 Å². The Kier molecular flexibility index (Phi) is 3.79. The summed E-state index contributed by atoms with van der Waals surface area (Å²) in [4.78, 5) is 33.9. The normalized spacial score (nSPS) is 22.5. The summed E-state index contributed by atoms with van der Waals surface area (Å²) in [6.07, 6.45) is -0.147. The molecular formula is C13H13N2O4-. The second-order valence-corrected chi connectivity index (χ2v) is 4.39. The molecule has 6 heteroatoms. The fraction of sp³-hybridized carbons (Fsp3) is 0.308.